The Hall–Kier alpha value is -1.73. The zero-order valence-electron chi connectivity index (χ0n) is 15.9. The van der Waals surface area contributed by atoms with Gasteiger partial charge in [0.15, 0.2) is 0 Å². The largest absolute Gasteiger partial charge is 0.326 e. The monoisotopic (exact) mass is 377 g/mol. The van der Waals surface area contributed by atoms with Gasteiger partial charge in [0.1, 0.15) is 11.4 Å². The first-order valence-electron chi connectivity index (χ1n) is 9.07. The van der Waals surface area contributed by atoms with Crippen LogP contribution in [0.5, 0.6) is 0 Å². The molecule has 1 fully saturated rings. The Morgan fingerprint density at radius 2 is 1.73 bits per heavy atom. The fourth-order valence-corrected chi connectivity index (χ4v) is 4.54. The fraction of sp³-hybridized carbons (Fsp3) is 0.579. The van der Waals surface area contributed by atoms with Crippen molar-refractivity contribution in [1.82, 2.24) is 9.62 Å². The maximum atomic E-state index is 12.5. The van der Waals surface area contributed by atoms with Crippen LogP contribution in [0.15, 0.2) is 29.3 Å². The van der Waals surface area contributed by atoms with Gasteiger partial charge in [0.2, 0.25) is 10.0 Å². The molecule has 3 rings (SSSR count). The van der Waals surface area contributed by atoms with Crippen LogP contribution in [-0.2, 0) is 20.2 Å². The Morgan fingerprint density at radius 3 is 2.23 bits per heavy atom. The van der Waals surface area contributed by atoms with E-state index < -0.39 is 15.7 Å². The van der Waals surface area contributed by atoms with Gasteiger partial charge in [-0.15, -0.1) is 0 Å². The minimum Gasteiger partial charge on any atom is -0.326 e. The van der Waals surface area contributed by atoms with Crippen LogP contribution in [-0.4, -0.2) is 48.8 Å². The van der Waals surface area contributed by atoms with Crippen LogP contribution in [0.1, 0.15) is 51.7 Å². The summed E-state index contributed by atoms with van der Waals surface area (Å²) in [6.45, 7) is 8.86. The molecule has 142 valence electrons. The van der Waals surface area contributed by atoms with Crippen molar-refractivity contribution in [2.45, 2.75) is 51.6 Å². The third-order valence-electron chi connectivity index (χ3n) is 5.22. The summed E-state index contributed by atoms with van der Waals surface area (Å²) in [5.41, 5.74) is 1.83. The number of carbonyl (C=O) groups is 1. The molecule has 1 N–H and O–H groups in total. The highest BCUT2D eigenvalue weighted by molar-refractivity contribution is 7.89. The lowest BCUT2D eigenvalue weighted by Gasteiger charge is -2.36. The molecule has 0 bridgehead atoms. The normalized spacial score (nSPS) is 20.9. The number of benzene rings is 1. The van der Waals surface area contributed by atoms with Crippen LogP contribution < -0.4 is 5.32 Å². The summed E-state index contributed by atoms with van der Waals surface area (Å²) in [4.78, 5) is 17.2. The first-order valence-corrected chi connectivity index (χ1v) is 10.7. The third-order valence-corrected chi connectivity index (χ3v) is 7.10. The van der Waals surface area contributed by atoms with Crippen molar-refractivity contribution in [2.75, 3.05) is 18.8 Å². The van der Waals surface area contributed by atoms with Gasteiger partial charge in [0.05, 0.1) is 5.75 Å². The Balaban J connectivity index is 1.80. The van der Waals surface area contributed by atoms with Crippen LogP contribution in [0, 0.1) is 0 Å². The van der Waals surface area contributed by atoms with E-state index in [4.69, 9.17) is 4.99 Å². The zero-order valence-corrected chi connectivity index (χ0v) is 16.7. The van der Waals surface area contributed by atoms with E-state index in [-0.39, 0.29) is 17.1 Å². The van der Waals surface area contributed by atoms with Crippen molar-refractivity contribution in [3.8, 4) is 0 Å². The van der Waals surface area contributed by atoms with Gasteiger partial charge in [-0.05, 0) is 17.9 Å². The van der Waals surface area contributed by atoms with Gasteiger partial charge in [-0.25, -0.2) is 12.7 Å². The lowest BCUT2D eigenvalue weighted by atomic mass is 9.86. The summed E-state index contributed by atoms with van der Waals surface area (Å²) < 4.78 is 25.5. The second-order valence-electron chi connectivity index (χ2n) is 8.07. The van der Waals surface area contributed by atoms with Gasteiger partial charge in [0.25, 0.3) is 5.91 Å². The average molecular weight is 378 g/mol. The molecule has 0 saturated carbocycles. The molecule has 0 unspecified atom stereocenters. The maximum absolute atomic E-state index is 12.5. The predicted octanol–water partition coefficient (Wildman–Crippen LogP) is 2.04. The van der Waals surface area contributed by atoms with E-state index in [2.05, 4.69) is 26.1 Å². The molecular formula is C19H27N3O3S. The lowest BCUT2D eigenvalue weighted by Crippen LogP contribution is -2.52. The number of amides is 1. The minimum atomic E-state index is -3.19. The van der Waals surface area contributed by atoms with Crippen LogP contribution in [0.2, 0.25) is 0 Å². The van der Waals surface area contributed by atoms with E-state index in [1.54, 1.807) is 6.92 Å². The average Bonchev–Trinajstić information content (AvgIpc) is 2.90. The van der Waals surface area contributed by atoms with E-state index in [1.807, 2.05) is 24.3 Å². The lowest BCUT2D eigenvalue weighted by molar-refractivity contribution is -0.115. The Bertz CT molecular complexity index is 828. The molecule has 0 radical (unpaired) electrons. The Labute approximate surface area is 155 Å². The molecule has 1 saturated heterocycles. The van der Waals surface area contributed by atoms with Gasteiger partial charge in [-0.3, -0.25) is 9.79 Å². The number of aliphatic imine (C=N–C) groups is 1. The summed E-state index contributed by atoms with van der Waals surface area (Å²) in [5.74, 6) is -0.0821. The number of nitrogens with one attached hydrogen (secondary N) is 1. The summed E-state index contributed by atoms with van der Waals surface area (Å²) in [6, 6.07) is 7.95. The molecule has 7 heteroatoms. The predicted molar refractivity (Wildman–Crippen MR) is 103 cm³/mol. The number of sulfonamides is 1. The van der Waals surface area contributed by atoms with Gasteiger partial charge >= 0.3 is 0 Å². The maximum Gasteiger partial charge on any atom is 0.272 e. The molecule has 1 amide bonds. The van der Waals surface area contributed by atoms with E-state index in [0.717, 1.165) is 5.56 Å². The second kappa shape index (κ2) is 6.46. The minimum absolute atomic E-state index is 0.0527. The molecule has 6 nitrogen and oxygen atoms in total. The van der Waals surface area contributed by atoms with E-state index in [9.17, 15) is 13.2 Å². The first-order chi connectivity index (χ1) is 12.1. The van der Waals surface area contributed by atoms with Crippen molar-refractivity contribution in [2.24, 2.45) is 4.99 Å². The summed E-state index contributed by atoms with van der Waals surface area (Å²) in [5, 5.41) is 2.99. The van der Waals surface area contributed by atoms with E-state index in [0.29, 0.717) is 31.6 Å². The smallest absolute Gasteiger partial charge is 0.272 e. The zero-order chi connectivity index (χ0) is 19.2. The quantitative estimate of drug-likeness (QED) is 0.875. The molecule has 2 aliphatic heterocycles. The molecule has 2 heterocycles. The Kier molecular flexibility index (Phi) is 4.73. The van der Waals surface area contributed by atoms with Crippen LogP contribution in [0.4, 0.5) is 0 Å². The molecule has 1 spiro atoms. The van der Waals surface area contributed by atoms with Crippen LogP contribution in [0.25, 0.3) is 0 Å². The third kappa shape index (κ3) is 3.55. The van der Waals surface area contributed by atoms with Crippen LogP contribution in [0.3, 0.4) is 0 Å². The molecular weight excluding hydrogens is 350 g/mol. The van der Waals surface area contributed by atoms with Crippen molar-refractivity contribution in [3.05, 3.63) is 35.4 Å². The van der Waals surface area contributed by atoms with E-state index in [1.165, 1.54) is 9.87 Å². The number of hydrogen-bond donors (Lipinski definition) is 1. The second-order valence-corrected chi connectivity index (χ2v) is 10.3. The van der Waals surface area contributed by atoms with Gasteiger partial charge in [-0.1, -0.05) is 45.0 Å². The number of nitrogens with zero attached hydrogens (tertiary/aromatic N) is 2. The van der Waals surface area contributed by atoms with Gasteiger partial charge < -0.3 is 5.32 Å². The van der Waals surface area contributed by atoms with Crippen molar-refractivity contribution in [3.63, 3.8) is 0 Å². The van der Waals surface area contributed by atoms with E-state index >= 15 is 0 Å². The number of carbonyl (C=O) groups excluding carboxylic acids is 1. The first kappa shape index (κ1) is 19.0. The molecule has 0 aromatic heterocycles. The molecule has 1 aromatic rings. The summed E-state index contributed by atoms with van der Waals surface area (Å²) >= 11 is 0. The molecule has 2 aliphatic rings. The molecule has 0 aliphatic carbocycles. The summed E-state index contributed by atoms with van der Waals surface area (Å²) in [7, 11) is -3.19. The van der Waals surface area contributed by atoms with Crippen LogP contribution >= 0.6 is 0 Å². The highest BCUT2D eigenvalue weighted by Crippen LogP contribution is 2.30. The van der Waals surface area contributed by atoms with Gasteiger partial charge in [-0.2, -0.15) is 0 Å². The number of hydrogen-bond acceptors (Lipinski definition) is 4. The SMILES string of the molecule is CCS(=O)(=O)N1CCC2(CC1)N=C(c1ccc(C(C)(C)C)cc1)C(=O)N2. The van der Waals surface area contributed by atoms with Crippen molar-refractivity contribution >= 4 is 21.6 Å². The molecule has 1 aromatic carbocycles. The van der Waals surface area contributed by atoms with Gasteiger partial charge in [0, 0.05) is 31.5 Å². The number of rotatable bonds is 3. The highest BCUT2D eigenvalue weighted by atomic mass is 32.2. The fourth-order valence-electron chi connectivity index (χ4n) is 3.44. The molecule has 0 atom stereocenters. The Morgan fingerprint density at radius 1 is 1.15 bits per heavy atom. The summed E-state index contributed by atoms with van der Waals surface area (Å²) in [6.07, 6.45) is 1.00. The number of piperidine rings is 1. The highest BCUT2D eigenvalue weighted by Gasteiger charge is 2.43. The standard InChI is InChI=1S/C19H27N3O3S/c1-5-26(24,25)22-12-10-19(11-13-22)20-16(17(23)21-19)14-6-8-15(9-7-14)18(2,3)4/h6-9H,5,10-13H2,1-4H3,(H,21,23). The van der Waals surface area contributed by atoms with Crippen molar-refractivity contribution in [1.29, 1.82) is 0 Å². The van der Waals surface area contributed by atoms with Crippen molar-refractivity contribution < 1.29 is 13.2 Å². The molecule has 26 heavy (non-hydrogen) atoms. The topological polar surface area (TPSA) is 78.8 Å².